The Labute approximate surface area is 132 Å². The number of carbonyl (C=O) groups excluding carboxylic acids is 1. The van der Waals surface area contributed by atoms with Crippen molar-refractivity contribution >= 4 is 6.03 Å². The number of rotatable bonds is 5. The molecule has 1 aromatic carbocycles. The molecule has 1 aromatic rings. The maximum atomic E-state index is 12.0. The monoisotopic (exact) mass is 302 g/mol. The minimum Gasteiger partial charge on any atom is -0.490 e. The van der Waals surface area contributed by atoms with Crippen molar-refractivity contribution in [1.29, 1.82) is 0 Å². The van der Waals surface area contributed by atoms with Crippen LogP contribution in [-0.4, -0.2) is 18.2 Å². The highest BCUT2D eigenvalue weighted by Gasteiger charge is 2.19. The number of hydrogen-bond acceptors (Lipinski definition) is 2. The highest BCUT2D eigenvalue weighted by molar-refractivity contribution is 5.74. The molecule has 0 unspecified atom stereocenters. The van der Waals surface area contributed by atoms with Crippen LogP contribution in [0.4, 0.5) is 4.79 Å². The van der Waals surface area contributed by atoms with Crippen LogP contribution in [-0.2, 0) is 6.54 Å². The van der Waals surface area contributed by atoms with E-state index in [2.05, 4.69) is 10.6 Å². The van der Waals surface area contributed by atoms with E-state index in [1.54, 1.807) is 0 Å². The van der Waals surface area contributed by atoms with Crippen molar-refractivity contribution in [3.63, 3.8) is 0 Å². The van der Waals surface area contributed by atoms with Gasteiger partial charge >= 0.3 is 6.03 Å². The Bertz CT molecular complexity index is 492. The number of urea groups is 1. The Hall–Kier alpha value is -1.71. The maximum Gasteiger partial charge on any atom is 0.315 e. The molecule has 0 aromatic heterocycles. The molecule has 2 N–H and O–H groups in total. The quantitative estimate of drug-likeness (QED) is 0.870. The third-order valence-electron chi connectivity index (χ3n) is 4.70. The van der Waals surface area contributed by atoms with Gasteiger partial charge in [-0.1, -0.05) is 31.0 Å². The van der Waals surface area contributed by atoms with Gasteiger partial charge in [0.15, 0.2) is 0 Å². The van der Waals surface area contributed by atoms with Gasteiger partial charge in [0.1, 0.15) is 5.75 Å². The molecular weight excluding hydrogens is 276 g/mol. The van der Waals surface area contributed by atoms with Crippen LogP contribution in [0.15, 0.2) is 24.3 Å². The minimum absolute atomic E-state index is 0.0671. The summed E-state index contributed by atoms with van der Waals surface area (Å²) in [4.78, 5) is 12.0. The van der Waals surface area contributed by atoms with Crippen molar-refractivity contribution in [3.8, 4) is 5.75 Å². The molecule has 4 heteroatoms. The zero-order valence-corrected chi connectivity index (χ0v) is 13.1. The molecule has 0 bridgehead atoms. The molecule has 4 nitrogen and oxygen atoms in total. The van der Waals surface area contributed by atoms with Gasteiger partial charge in [0, 0.05) is 18.2 Å². The third kappa shape index (κ3) is 4.15. The summed E-state index contributed by atoms with van der Waals surface area (Å²) in [6, 6.07) is 8.30. The van der Waals surface area contributed by atoms with Gasteiger partial charge in [-0.25, -0.2) is 4.79 Å². The lowest BCUT2D eigenvalue weighted by atomic mass is 10.2. The Morgan fingerprint density at radius 1 is 1.05 bits per heavy atom. The summed E-state index contributed by atoms with van der Waals surface area (Å²) >= 11 is 0. The molecule has 2 saturated carbocycles. The number of hydrogen-bond donors (Lipinski definition) is 2. The summed E-state index contributed by atoms with van der Waals surface area (Å²) in [7, 11) is 0. The first-order valence-corrected chi connectivity index (χ1v) is 8.60. The molecule has 0 spiro atoms. The number of amides is 2. The number of ether oxygens (including phenoxy) is 1. The van der Waals surface area contributed by atoms with Crippen LogP contribution in [0, 0.1) is 0 Å². The zero-order valence-electron chi connectivity index (χ0n) is 13.1. The molecule has 0 aliphatic heterocycles. The highest BCUT2D eigenvalue weighted by atomic mass is 16.5. The fourth-order valence-corrected chi connectivity index (χ4v) is 3.43. The Kier molecular flexibility index (Phi) is 5.20. The average molecular weight is 302 g/mol. The molecule has 0 radical (unpaired) electrons. The first kappa shape index (κ1) is 15.2. The number of nitrogens with one attached hydrogen (secondary N) is 2. The smallest absolute Gasteiger partial charge is 0.315 e. The van der Waals surface area contributed by atoms with E-state index in [-0.39, 0.29) is 6.03 Å². The lowest BCUT2D eigenvalue weighted by Crippen LogP contribution is -2.40. The van der Waals surface area contributed by atoms with E-state index in [4.69, 9.17) is 4.74 Å². The normalized spacial score (nSPS) is 19.3. The van der Waals surface area contributed by atoms with E-state index in [0.717, 1.165) is 37.0 Å². The largest absolute Gasteiger partial charge is 0.490 e. The van der Waals surface area contributed by atoms with E-state index in [1.807, 2.05) is 24.3 Å². The SMILES string of the molecule is O=C(NCc1ccccc1OC1CCCC1)NC1CCCC1. The summed E-state index contributed by atoms with van der Waals surface area (Å²) in [6.45, 7) is 0.515. The van der Waals surface area contributed by atoms with Crippen molar-refractivity contribution in [2.75, 3.05) is 0 Å². The third-order valence-corrected chi connectivity index (χ3v) is 4.70. The molecule has 2 aliphatic carbocycles. The number of carbonyl (C=O) groups is 1. The lowest BCUT2D eigenvalue weighted by molar-refractivity contribution is 0.207. The van der Waals surface area contributed by atoms with Crippen molar-refractivity contribution in [2.24, 2.45) is 0 Å². The lowest BCUT2D eigenvalue weighted by Gasteiger charge is -2.17. The van der Waals surface area contributed by atoms with Gasteiger partial charge in [0.25, 0.3) is 0 Å². The minimum atomic E-state index is -0.0671. The van der Waals surface area contributed by atoms with E-state index in [0.29, 0.717) is 18.7 Å². The second-order valence-corrected chi connectivity index (χ2v) is 6.44. The summed E-state index contributed by atoms with van der Waals surface area (Å²) in [6.07, 6.45) is 9.81. The van der Waals surface area contributed by atoms with Crippen LogP contribution >= 0.6 is 0 Å². The van der Waals surface area contributed by atoms with Crippen molar-refractivity contribution < 1.29 is 9.53 Å². The van der Waals surface area contributed by atoms with Crippen molar-refractivity contribution in [3.05, 3.63) is 29.8 Å². The molecule has 3 rings (SSSR count). The second-order valence-electron chi connectivity index (χ2n) is 6.44. The van der Waals surface area contributed by atoms with Gasteiger partial charge in [-0.05, 0) is 44.6 Å². The average Bonchev–Trinajstić information content (AvgIpc) is 3.20. The molecule has 22 heavy (non-hydrogen) atoms. The molecule has 2 aliphatic rings. The standard InChI is InChI=1S/C18H26N2O2/c21-18(20-15-8-2-3-9-15)19-13-14-7-1-6-12-17(14)22-16-10-4-5-11-16/h1,6-7,12,15-16H,2-5,8-11,13H2,(H2,19,20,21). The first-order chi connectivity index (χ1) is 10.8. The topological polar surface area (TPSA) is 50.4 Å². The number of para-hydroxylation sites is 1. The molecular formula is C18H26N2O2. The Morgan fingerprint density at radius 2 is 1.73 bits per heavy atom. The van der Waals surface area contributed by atoms with Crippen LogP contribution in [0.1, 0.15) is 56.9 Å². The zero-order chi connectivity index (χ0) is 15.2. The van der Waals surface area contributed by atoms with Gasteiger partial charge in [0.2, 0.25) is 0 Å². The van der Waals surface area contributed by atoms with Crippen molar-refractivity contribution in [2.45, 2.75) is 70.1 Å². The summed E-state index contributed by atoms with van der Waals surface area (Å²) in [5.74, 6) is 0.913. The fourth-order valence-electron chi connectivity index (χ4n) is 3.43. The molecule has 0 atom stereocenters. The van der Waals surface area contributed by atoms with E-state index < -0.39 is 0 Å². The fraction of sp³-hybridized carbons (Fsp3) is 0.611. The van der Waals surface area contributed by atoms with Gasteiger partial charge < -0.3 is 15.4 Å². The van der Waals surface area contributed by atoms with Crippen LogP contribution < -0.4 is 15.4 Å². The van der Waals surface area contributed by atoms with Gasteiger partial charge in [0.05, 0.1) is 6.10 Å². The Balaban J connectivity index is 1.51. The predicted molar refractivity (Wildman–Crippen MR) is 87.0 cm³/mol. The van der Waals surface area contributed by atoms with E-state index in [1.165, 1.54) is 25.7 Å². The van der Waals surface area contributed by atoms with Crippen LogP contribution in [0.2, 0.25) is 0 Å². The van der Waals surface area contributed by atoms with E-state index >= 15 is 0 Å². The predicted octanol–water partition coefficient (Wildman–Crippen LogP) is 3.75. The molecule has 120 valence electrons. The van der Waals surface area contributed by atoms with Crippen molar-refractivity contribution in [1.82, 2.24) is 10.6 Å². The molecule has 2 amide bonds. The van der Waals surface area contributed by atoms with Crippen LogP contribution in [0.3, 0.4) is 0 Å². The summed E-state index contributed by atoms with van der Waals surface area (Å²) in [5, 5.41) is 6.01. The first-order valence-electron chi connectivity index (χ1n) is 8.60. The molecule has 0 saturated heterocycles. The molecule has 2 fully saturated rings. The van der Waals surface area contributed by atoms with Gasteiger partial charge in [-0.3, -0.25) is 0 Å². The number of benzene rings is 1. The van der Waals surface area contributed by atoms with E-state index in [9.17, 15) is 4.79 Å². The van der Waals surface area contributed by atoms with Crippen LogP contribution in [0.25, 0.3) is 0 Å². The second kappa shape index (κ2) is 7.52. The van der Waals surface area contributed by atoms with Gasteiger partial charge in [-0.2, -0.15) is 0 Å². The van der Waals surface area contributed by atoms with Gasteiger partial charge in [-0.15, -0.1) is 0 Å². The maximum absolute atomic E-state index is 12.0. The summed E-state index contributed by atoms with van der Waals surface area (Å²) < 4.78 is 6.10. The summed E-state index contributed by atoms with van der Waals surface area (Å²) in [5.41, 5.74) is 1.05. The van der Waals surface area contributed by atoms with Crippen LogP contribution in [0.5, 0.6) is 5.75 Å². The highest BCUT2D eigenvalue weighted by Crippen LogP contribution is 2.26. The molecule has 0 heterocycles. The Morgan fingerprint density at radius 3 is 2.50 bits per heavy atom.